The quantitative estimate of drug-likeness (QED) is 0.500. The first-order valence-electron chi connectivity index (χ1n) is 10.8. The molecule has 0 unspecified atom stereocenters. The molecule has 0 bridgehead atoms. The summed E-state index contributed by atoms with van der Waals surface area (Å²) in [5, 5.41) is 11.1. The average Bonchev–Trinajstić information content (AvgIpc) is 3.55. The number of carbonyl (C=O) groups excluding carboxylic acids is 3. The lowest BCUT2D eigenvalue weighted by molar-refractivity contribution is -0.126. The van der Waals surface area contributed by atoms with Gasteiger partial charge in [-0.3, -0.25) is 19.3 Å². The molecule has 33 heavy (non-hydrogen) atoms. The fraction of sp³-hybridized carbons (Fsp3) is 0.348. The van der Waals surface area contributed by atoms with Crippen LogP contribution in [0.3, 0.4) is 0 Å². The number of ketones is 1. The number of nitrogens with zero attached hydrogens (tertiary/aromatic N) is 3. The van der Waals surface area contributed by atoms with Gasteiger partial charge in [-0.15, -0.1) is 10.2 Å². The van der Waals surface area contributed by atoms with Crippen LogP contribution in [0.1, 0.15) is 46.5 Å². The third-order valence-electron chi connectivity index (χ3n) is 5.77. The molecule has 2 fully saturated rings. The number of thioether (sulfide) groups is 2. The Morgan fingerprint density at radius 1 is 1.15 bits per heavy atom. The van der Waals surface area contributed by atoms with Gasteiger partial charge < -0.3 is 9.73 Å². The van der Waals surface area contributed by atoms with Crippen LogP contribution >= 0.6 is 23.5 Å². The van der Waals surface area contributed by atoms with Crippen LogP contribution in [0.25, 0.3) is 0 Å². The zero-order valence-corrected chi connectivity index (χ0v) is 19.4. The molecule has 2 aliphatic heterocycles. The lowest BCUT2D eigenvalue weighted by Crippen LogP contribution is -2.32. The predicted octanol–water partition coefficient (Wildman–Crippen LogP) is 3.37. The molecule has 2 saturated heterocycles. The van der Waals surface area contributed by atoms with Gasteiger partial charge in [0.25, 0.3) is 0 Å². The first-order valence-corrected chi connectivity index (χ1v) is 12.7. The van der Waals surface area contributed by atoms with Crippen molar-refractivity contribution in [3.05, 3.63) is 59.0 Å². The molecule has 0 radical (unpaired) electrons. The first kappa shape index (κ1) is 22.0. The third-order valence-corrected chi connectivity index (χ3v) is 7.80. The molecule has 170 valence electrons. The summed E-state index contributed by atoms with van der Waals surface area (Å²) in [4.78, 5) is 39.1. The molecule has 8 nitrogen and oxygen atoms in total. The lowest BCUT2D eigenvalue weighted by Gasteiger charge is -2.16. The van der Waals surface area contributed by atoms with Gasteiger partial charge in [0.2, 0.25) is 11.8 Å². The molecular formula is C23H22N4O4S2. The van der Waals surface area contributed by atoms with Gasteiger partial charge in [-0.05, 0) is 55.0 Å². The van der Waals surface area contributed by atoms with Gasteiger partial charge in [0.05, 0.1) is 23.8 Å². The molecule has 3 aliphatic rings. The standard InChI is InChI=1S/C23H22N4O4S2/c28-18(16-8-7-14-4-1-2-5-15(14)10-16)11-19-21(30)27(12-17-6-3-9-31-17)23(33-19)26-25-22-24-20(29)13-32-22/h3,6-10,19H,1-2,4-5,11-13H2,(H,24,25,29)/b26-23+/t19-/m0/s1. The highest BCUT2D eigenvalue weighted by Gasteiger charge is 2.40. The highest BCUT2D eigenvalue weighted by molar-refractivity contribution is 8.15. The normalized spacial score (nSPS) is 22.8. The van der Waals surface area contributed by atoms with Gasteiger partial charge >= 0.3 is 0 Å². The molecule has 0 spiro atoms. The smallest absolute Gasteiger partial charge is 0.243 e. The van der Waals surface area contributed by atoms with Crippen molar-refractivity contribution in [3.8, 4) is 0 Å². The van der Waals surface area contributed by atoms with E-state index in [0.717, 1.165) is 19.3 Å². The molecule has 10 heteroatoms. The molecule has 0 saturated carbocycles. The van der Waals surface area contributed by atoms with Gasteiger partial charge in [-0.2, -0.15) is 0 Å². The van der Waals surface area contributed by atoms with Crippen molar-refractivity contribution in [1.29, 1.82) is 0 Å². The Hall–Kier alpha value is -2.85. The van der Waals surface area contributed by atoms with Crippen molar-refractivity contribution in [1.82, 2.24) is 10.2 Å². The van der Waals surface area contributed by atoms with Crippen LogP contribution in [-0.4, -0.2) is 43.8 Å². The van der Waals surface area contributed by atoms with E-state index in [4.69, 9.17) is 4.42 Å². The van der Waals surface area contributed by atoms with Crippen LogP contribution in [0.2, 0.25) is 0 Å². The lowest BCUT2D eigenvalue weighted by atomic mass is 9.89. The maximum absolute atomic E-state index is 13.2. The van der Waals surface area contributed by atoms with Crippen LogP contribution < -0.4 is 5.32 Å². The number of rotatable bonds is 6. The largest absolute Gasteiger partial charge is 0.467 e. The highest BCUT2D eigenvalue weighted by Crippen LogP contribution is 2.33. The van der Waals surface area contributed by atoms with E-state index in [1.807, 2.05) is 18.2 Å². The summed E-state index contributed by atoms with van der Waals surface area (Å²) in [5.41, 5.74) is 3.21. The number of hydrogen-bond donors (Lipinski definition) is 1. The predicted molar refractivity (Wildman–Crippen MR) is 128 cm³/mol. The summed E-state index contributed by atoms with van der Waals surface area (Å²) < 4.78 is 5.40. The van der Waals surface area contributed by atoms with Crippen LogP contribution in [0, 0.1) is 0 Å². The number of furan rings is 1. The number of amides is 2. The fourth-order valence-electron chi connectivity index (χ4n) is 4.08. The Labute approximate surface area is 199 Å². The molecular weight excluding hydrogens is 460 g/mol. The molecule has 2 aromatic rings. The van der Waals surface area contributed by atoms with Crippen molar-refractivity contribution in [2.24, 2.45) is 10.2 Å². The van der Waals surface area contributed by atoms with E-state index in [9.17, 15) is 14.4 Å². The number of carbonyl (C=O) groups is 3. The maximum atomic E-state index is 13.2. The van der Waals surface area contributed by atoms with Gasteiger partial charge in [0.15, 0.2) is 16.1 Å². The molecule has 1 aromatic heterocycles. The Kier molecular flexibility index (Phi) is 6.37. The van der Waals surface area contributed by atoms with E-state index in [-0.39, 0.29) is 30.6 Å². The van der Waals surface area contributed by atoms with Crippen LogP contribution in [0.5, 0.6) is 0 Å². The van der Waals surface area contributed by atoms with Crippen LogP contribution in [-0.2, 0) is 29.0 Å². The zero-order valence-electron chi connectivity index (χ0n) is 17.8. The number of hydrogen-bond acceptors (Lipinski definition) is 8. The number of aryl methyl sites for hydroxylation is 2. The average molecular weight is 483 g/mol. The topological polar surface area (TPSA) is 104 Å². The number of nitrogens with one attached hydrogen (secondary N) is 1. The molecule has 2 amide bonds. The Bertz CT molecular complexity index is 1160. The molecule has 1 atom stereocenters. The zero-order chi connectivity index (χ0) is 22.8. The Balaban J connectivity index is 1.34. The minimum atomic E-state index is -0.590. The van der Waals surface area contributed by atoms with E-state index in [1.54, 1.807) is 18.4 Å². The van der Waals surface area contributed by atoms with Crippen molar-refractivity contribution in [3.63, 3.8) is 0 Å². The van der Waals surface area contributed by atoms with Crippen molar-refractivity contribution in [2.75, 3.05) is 5.75 Å². The summed E-state index contributed by atoms with van der Waals surface area (Å²) in [5.74, 6) is 0.511. The Morgan fingerprint density at radius 3 is 2.76 bits per heavy atom. The minimum absolute atomic E-state index is 0.0571. The second-order valence-corrected chi connectivity index (χ2v) is 10.2. The van der Waals surface area contributed by atoms with Crippen LogP contribution in [0.4, 0.5) is 0 Å². The summed E-state index contributed by atoms with van der Waals surface area (Å²) in [6.07, 6.45) is 6.01. The van der Waals surface area contributed by atoms with E-state index in [1.165, 1.54) is 46.0 Å². The summed E-state index contributed by atoms with van der Waals surface area (Å²) in [7, 11) is 0. The van der Waals surface area contributed by atoms with E-state index < -0.39 is 5.25 Å². The number of Topliss-reactive ketones (excluding diaryl/α,β-unsaturated/α-hetero) is 1. The summed E-state index contributed by atoms with van der Waals surface area (Å²) in [6, 6.07) is 9.44. The Morgan fingerprint density at radius 2 is 2.00 bits per heavy atom. The van der Waals surface area contributed by atoms with Crippen molar-refractivity contribution >= 4 is 51.5 Å². The number of benzene rings is 1. The van der Waals surface area contributed by atoms with Crippen molar-refractivity contribution in [2.45, 2.75) is 43.9 Å². The van der Waals surface area contributed by atoms with Gasteiger partial charge in [-0.1, -0.05) is 35.7 Å². The fourth-order valence-corrected chi connectivity index (χ4v) is 5.79. The third kappa shape index (κ3) is 4.91. The van der Waals surface area contributed by atoms with E-state index in [2.05, 4.69) is 15.5 Å². The molecule has 5 rings (SSSR count). The summed E-state index contributed by atoms with van der Waals surface area (Å²) in [6.45, 7) is 0.200. The number of fused-ring (bicyclic) bond motifs is 1. The molecule has 1 aliphatic carbocycles. The molecule has 1 N–H and O–H groups in total. The van der Waals surface area contributed by atoms with Gasteiger partial charge in [0.1, 0.15) is 5.76 Å². The maximum Gasteiger partial charge on any atom is 0.243 e. The van der Waals surface area contributed by atoms with Crippen LogP contribution in [0.15, 0.2) is 51.2 Å². The molecule has 1 aromatic carbocycles. The minimum Gasteiger partial charge on any atom is -0.467 e. The van der Waals surface area contributed by atoms with Gasteiger partial charge in [-0.25, -0.2) is 0 Å². The molecule has 3 heterocycles. The number of amidine groups is 2. The van der Waals surface area contributed by atoms with Crippen molar-refractivity contribution < 1.29 is 18.8 Å². The second kappa shape index (κ2) is 9.56. The van der Waals surface area contributed by atoms with E-state index in [0.29, 0.717) is 27.4 Å². The first-order chi connectivity index (χ1) is 16.1. The van der Waals surface area contributed by atoms with E-state index >= 15 is 0 Å². The highest BCUT2D eigenvalue weighted by atomic mass is 32.2. The van der Waals surface area contributed by atoms with Gasteiger partial charge in [0, 0.05) is 12.0 Å². The second-order valence-electron chi connectivity index (χ2n) is 8.05. The monoisotopic (exact) mass is 482 g/mol. The SMILES string of the molecule is O=C1CSC(=N/N=C2/S[C@@H](CC(=O)c3ccc4c(c3)CCCC4)C(=O)N2Cc2ccco2)N1. The summed E-state index contributed by atoms with van der Waals surface area (Å²) >= 11 is 2.48.